The second-order valence-electron chi connectivity index (χ2n) is 4.63. The van der Waals surface area contributed by atoms with E-state index in [9.17, 15) is 0 Å². The summed E-state index contributed by atoms with van der Waals surface area (Å²) in [4.78, 5) is 0. The molecule has 1 N–H and O–H groups in total. The van der Waals surface area contributed by atoms with Gasteiger partial charge in [-0.1, -0.05) is 34.8 Å². The first-order valence-electron chi connectivity index (χ1n) is 6.08. The van der Waals surface area contributed by atoms with Crippen molar-refractivity contribution in [3.05, 3.63) is 27.2 Å². The van der Waals surface area contributed by atoms with E-state index in [1.54, 1.807) is 12.1 Å². The molecule has 0 aromatic heterocycles. The van der Waals surface area contributed by atoms with Gasteiger partial charge in [0, 0.05) is 18.7 Å². The molecule has 0 aliphatic heterocycles. The zero-order chi connectivity index (χ0) is 13.1. The Morgan fingerprint density at radius 3 is 2.56 bits per heavy atom. The zero-order valence-corrected chi connectivity index (χ0v) is 12.4. The molecule has 1 saturated carbocycles. The van der Waals surface area contributed by atoms with E-state index >= 15 is 0 Å². The van der Waals surface area contributed by atoms with Crippen molar-refractivity contribution in [2.75, 3.05) is 13.2 Å². The maximum atomic E-state index is 6.01. The summed E-state index contributed by atoms with van der Waals surface area (Å²) in [7, 11) is 0. The smallest absolute Gasteiger partial charge is 0.139 e. The predicted molar refractivity (Wildman–Crippen MR) is 77.2 cm³/mol. The average molecular weight is 309 g/mol. The van der Waals surface area contributed by atoms with E-state index in [-0.39, 0.29) is 0 Å². The summed E-state index contributed by atoms with van der Waals surface area (Å²) < 4.78 is 5.59. The van der Waals surface area contributed by atoms with Crippen molar-refractivity contribution < 1.29 is 4.74 Å². The van der Waals surface area contributed by atoms with Gasteiger partial charge in [-0.15, -0.1) is 0 Å². The molecule has 1 aromatic carbocycles. The van der Waals surface area contributed by atoms with Crippen LogP contribution in [0.1, 0.15) is 19.8 Å². The van der Waals surface area contributed by atoms with Crippen molar-refractivity contribution in [3.8, 4) is 5.75 Å². The highest BCUT2D eigenvalue weighted by molar-refractivity contribution is 6.43. The number of halogens is 3. The van der Waals surface area contributed by atoms with Crippen LogP contribution in [0.25, 0.3) is 0 Å². The number of rotatable bonds is 6. The van der Waals surface area contributed by atoms with E-state index in [4.69, 9.17) is 39.5 Å². The number of ether oxygens (including phenoxy) is 1. The molecule has 1 unspecified atom stereocenters. The normalized spacial score (nSPS) is 16.7. The molecule has 0 heterocycles. The first-order valence-corrected chi connectivity index (χ1v) is 7.22. The summed E-state index contributed by atoms with van der Waals surface area (Å²) in [6.45, 7) is 3.58. The zero-order valence-electron chi connectivity index (χ0n) is 10.2. The molecule has 0 amide bonds. The van der Waals surface area contributed by atoms with Crippen LogP contribution in [0.5, 0.6) is 5.75 Å². The third-order valence-electron chi connectivity index (χ3n) is 3.13. The lowest BCUT2D eigenvalue weighted by Crippen LogP contribution is -2.31. The predicted octanol–water partition coefficient (Wildman–Crippen LogP) is 4.41. The Hall–Kier alpha value is -0.150. The number of benzene rings is 1. The number of nitrogens with one attached hydrogen (secondary N) is 1. The van der Waals surface area contributed by atoms with Gasteiger partial charge in [-0.3, -0.25) is 0 Å². The molecule has 1 aliphatic carbocycles. The maximum absolute atomic E-state index is 6.01. The highest BCUT2D eigenvalue weighted by Gasteiger charge is 2.27. The fourth-order valence-electron chi connectivity index (χ4n) is 1.83. The maximum Gasteiger partial charge on any atom is 0.139 e. The highest BCUT2D eigenvalue weighted by atomic mass is 35.5. The van der Waals surface area contributed by atoms with Crippen molar-refractivity contribution in [1.82, 2.24) is 5.32 Å². The minimum absolute atomic E-state index is 0.439. The molecular formula is C13H16Cl3NO. The topological polar surface area (TPSA) is 21.3 Å². The minimum atomic E-state index is 0.439. The Balaban J connectivity index is 1.77. The van der Waals surface area contributed by atoms with Crippen molar-refractivity contribution in [1.29, 1.82) is 0 Å². The van der Waals surface area contributed by atoms with Gasteiger partial charge in [0.15, 0.2) is 0 Å². The summed E-state index contributed by atoms with van der Waals surface area (Å²) in [5.41, 5.74) is 0. The molecule has 2 rings (SSSR count). The molecule has 1 aromatic rings. The Kier molecular flexibility index (Phi) is 5.02. The molecule has 0 spiro atoms. The lowest BCUT2D eigenvalue weighted by molar-refractivity contribution is 0.303. The summed E-state index contributed by atoms with van der Waals surface area (Å²) >= 11 is 17.8. The van der Waals surface area contributed by atoms with E-state index < -0.39 is 0 Å². The van der Waals surface area contributed by atoms with Crippen LogP contribution in [0.15, 0.2) is 12.1 Å². The highest BCUT2D eigenvalue weighted by Crippen LogP contribution is 2.34. The summed E-state index contributed by atoms with van der Waals surface area (Å²) in [5, 5.41) is 4.81. The fourth-order valence-corrected chi connectivity index (χ4v) is 2.42. The second kappa shape index (κ2) is 6.33. The third kappa shape index (κ3) is 3.92. The standard InChI is InChI=1S/C13H16Cl3NO/c1-8(9-2-3-9)17-4-5-18-13-7-11(15)10(14)6-12(13)16/h6-9,17H,2-5H2,1H3. The molecule has 1 atom stereocenters. The Morgan fingerprint density at radius 1 is 1.22 bits per heavy atom. The molecular weight excluding hydrogens is 293 g/mol. The monoisotopic (exact) mass is 307 g/mol. The summed E-state index contributed by atoms with van der Waals surface area (Å²) in [5.74, 6) is 1.42. The van der Waals surface area contributed by atoms with E-state index in [0.29, 0.717) is 33.5 Å². The number of hydrogen-bond acceptors (Lipinski definition) is 2. The van der Waals surface area contributed by atoms with E-state index in [1.165, 1.54) is 12.8 Å². The largest absolute Gasteiger partial charge is 0.491 e. The van der Waals surface area contributed by atoms with Gasteiger partial charge in [-0.05, 0) is 31.7 Å². The number of hydrogen-bond donors (Lipinski definition) is 1. The molecule has 1 aliphatic rings. The van der Waals surface area contributed by atoms with Crippen LogP contribution in [-0.4, -0.2) is 19.2 Å². The van der Waals surface area contributed by atoms with Gasteiger partial charge in [-0.2, -0.15) is 0 Å². The van der Waals surface area contributed by atoms with E-state index in [0.717, 1.165) is 12.5 Å². The fraction of sp³-hybridized carbons (Fsp3) is 0.538. The lowest BCUT2D eigenvalue weighted by Gasteiger charge is -2.14. The molecule has 100 valence electrons. The Labute approximate surface area is 123 Å². The van der Waals surface area contributed by atoms with Gasteiger partial charge in [-0.25, -0.2) is 0 Å². The van der Waals surface area contributed by atoms with Crippen molar-refractivity contribution >= 4 is 34.8 Å². The van der Waals surface area contributed by atoms with Gasteiger partial charge in [0.25, 0.3) is 0 Å². The van der Waals surface area contributed by atoms with Crippen LogP contribution in [0.2, 0.25) is 15.1 Å². The van der Waals surface area contributed by atoms with Crippen LogP contribution < -0.4 is 10.1 Å². The van der Waals surface area contributed by atoms with Crippen molar-refractivity contribution in [2.24, 2.45) is 5.92 Å². The first-order chi connectivity index (χ1) is 8.58. The first kappa shape index (κ1) is 14.3. The molecule has 2 nitrogen and oxygen atoms in total. The average Bonchev–Trinajstić information content (AvgIpc) is 3.14. The van der Waals surface area contributed by atoms with Crippen LogP contribution in [0.4, 0.5) is 0 Å². The van der Waals surface area contributed by atoms with Gasteiger partial charge < -0.3 is 10.1 Å². The van der Waals surface area contributed by atoms with Crippen LogP contribution in [0.3, 0.4) is 0 Å². The van der Waals surface area contributed by atoms with Crippen LogP contribution in [0, 0.1) is 5.92 Å². The third-order valence-corrected chi connectivity index (χ3v) is 4.15. The molecule has 18 heavy (non-hydrogen) atoms. The van der Waals surface area contributed by atoms with Crippen LogP contribution in [-0.2, 0) is 0 Å². The van der Waals surface area contributed by atoms with Crippen molar-refractivity contribution in [3.63, 3.8) is 0 Å². The molecule has 0 bridgehead atoms. The van der Waals surface area contributed by atoms with Crippen molar-refractivity contribution in [2.45, 2.75) is 25.8 Å². The quantitative estimate of drug-likeness (QED) is 0.621. The summed E-state index contributed by atoms with van der Waals surface area (Å²) in [6, 6.07) is 3.82. The molecule has 0 radical (unpaired) electrons. The Morgan fingerprint density at radius 2 is 1.89 bits per heavy atom. The van der Waals surface area contributed by atoms with Gasteiger partial charge in [0.05, 0.1) is 15.1 Å². The molecule has 0 saturated heterocycles. The minimum Gasteiger partial charge on any atom is -0.491 e. The lowest BCUT2D eigenvalue weighted by atomic mass is 10.2. The molecule has 5 heteroatoms. The van der Waals surface area contributed by atoms with E-state index in [1.807, 2.05) is 0 Å². The van der Waals surface area contributed by atoms with Crippen LogP contribution >= 0.6 is 34.8 Å². The SMILES string of the molecule is CC(NCCOc1cc(Cl)c(Cl)cc1Cl)C1CC1. The van der Waals surface area contributed by atoms with E-state index in [2.05, 4.69) is 12.2 Å². The van der Waals surface area contributed by atoms with Gasteiger partial charge in [0.2, 0.25) is 0 Å². The summed E-state index contributed by atoms with van der Waals surface area (Å²) in [6.07, 6.45) is 2.68. The van der Waals surface area contributed by atoms with Gasteiger partial charge >= 0.3 is 0 Å². The van der Waals surface area contributed by atoms with Gasteiger partial charge in [0.1, 0.15) is 12.4 Å². The molecule has 1 fully saturated rings. The Bertz CT molecular complexity index is 421. The second-order valence-corrected chi connectivity index (χ2v) is 5.85.